The minimum absolute atomic E-state index is 0.189. The Morgan fingerprint density at radius 1 is 0.486 bits per heavy atom. The maximum atomic E-state index is 13.3. The van der Waals surface area contributed by atoms with Crippen LogP contribution in [-0.4, -0.2) is 36.7 Å². The van der Waals surface area contributed by atoms with E-state index in [-0.39, 0.29) is 14.7 Å². The maximum Gasteiger partial charge on any atom is 0.282 e. The molecule has 0 saturated carbocycles. The van der Waals surface area contributed by atoms with Gasteiger partial charge >= 0.3 is 0 Å². The van der Waals surface area contributed by atoms with E-state index < -0.39 is 51.0 Å². The largest absolute Gasteiger partial charge is 0.287 e. The van der Waals surface area contributed by atoms with Crippen molar-refractivity contribution in [2.24, 2.45) is 4.40 Å². The molecule has 1 aliphatic carbocycles. The second kappa shape index (κ2) is 9.17. The molecule has 11 heteroatoms. The molecule has 4 rings (SSSR count). The summed E-state index contributed by atoms with van der Waals surface area (Å²) in [5, 5.41) is 0. The number of nitrogens with zero attached hydrogens (tertiary/aromatic N) is 1. The standard InChI is InChI=1S/C24H17NO7S3/c26-24-22(33(27,28)19-10-4-1-5-11-19)16-18(25-35(31,32)21-14-8-3-9-15-21)17-23(24)34(29,30)20-12-6-2-7-13-20/h1-17H. The van der Waals surface area contributed by atoms with Gasteiger partial charge in [-0.2, -0.15) is 12.8 Å². The average Bonchev–Trinajstić information content (AvgIpc) is 2.86. The van der Waals surface area contributed by atoms with Crippen molar-refractivity contribution in [3.05, 3.63) is 113 Å². The molecule has 0 unspecified atom stereocenters. The van der Waals surface area contributed by atoms with Crippen LogP contribution >= 0.6 is 0 Å². The number of Topliss-reactive ketones (excluding diaryl/α,β-unsaturated/α-hetero) is 1. The SMILES string of the molecule is O=C1C(S(=O)(=O)c2ccccc2)=CC(=NS(=O)(=O)c2ccccc2)C=C1S(=O)(=O)c1ccccc1. The third-order valence-corrected chi connectivity index (χ3v) is 9.83. The number of carbonyl (C=O) groups excluding carboxylic acids is 1. The normalized spacial score (nSPS) is 14.7. The van der Waals surface area contributed by atoms with Crippen LogP contribution in [0.2, 0.25) is 0 Å². The van der Waals surface area contributed by atoms with Crippen LogP contribution in [0, 0.1) is 0 Å². The summed E-state index contributed by atoms with van der Waals surface area (Å²) in [7, 11) is -13.4. The van der Waals surface area contributed by atoms with E-state index in [4.69, 9.17) is 0 Å². The molecule has 35 heavy (non-hydrogen) atoms. The van der Waals surface area contributed by atoms with Gasteiger partial charge < -0.3 is 0 Å². The van der Waals surface area contributed by atoms with E-state index in [1.807, 2.05) is 0 Å². The Balaban J connectivity index is 1.95. The van der Waals surface area contributed by atoms with Crippen molar-refractivity contribution in [3.63, 3.8) is 0 Å². The van der Waals surface area contributed by atoms with Gasteiger partial charge in [0, 0.05) is 0 Å². The third kappa shape index (κ3) is 4.78. The summed E-state index contributed by atoms with van der Waals surface area (Å²) in [6.07, 6.45) is 1.55. The van der Waals surface area contributed by atoms with E-state index in [0.29, 0.717) is 0 Å². The van der Waals surface area contributed by atoms with Crippen molar-refractivity contribution in [2.75, 3.05) is 0 Å². The fourth-order valence-electron chi connectivity index (χ4n) is 3.25. The molecule has 0 heterocycles. The molecular weight excluding hydrogens is 510 g/mol. The van der Waals surface area contributed by atoms with Crippen molar-refractivity contribution >= 4 is 41.2 Å². The lowest BCUT2D eigenvalue weighted by atomic mass is 10.1. The van der Waals surface area contributed by atoms with Crippen LogP contribution in [-0.2, 0) is 34.5 Å². The van der Waals surface area contributed by atoms with Gasteiger partial charge in [-0.05, 0) is 48.6 Å². The zero-order valence-corrected chi connectivity index (χ0v) is 20.3. The van der Waals surface area contributed by atoms with Gasteiger partial charge in [-0.25, -0.2) is 16.8 Å². The first-order valence-corrected chi connectivity index (χ1v) is 14.4. The molecule has 0 atom stereocenters. The van der Waals surface area contributed by atoms with Gasteiger partial charge in [-0.1, -0.05) is 54.6 Å². The molecular formula is C24H17NO7S3. The number of hydrogen-bond donors (Lipinski definition) is 0. The minimum Gasteiger partial charge on any atom is -0.287 e. The van der Waals surface area contributed by atoms with E-state index >= 15 is 0 Å². The van der Waals surface area contributed by atoms with Gasteiger partial charge in [0.2, 0.25) is 25.5 Å². The van der Waals surface area contributed by atoms with Gasteiger partial charge in [0.1, 0.15) is 9.81 Å². The molecule has 0 radical (unpaired) electrons. The number of allylic oxidation sites excluding steroid dienone is 4. The van der Waals surface area contributed by atoms with Crippen molar-refractivity contribution in [3.8, 4) is 0 Å². The van der Waals surface area contributed by atoms with Crippen LogP contribution in [0.25, 0.3) is 0 Å². The third-order valence-electron chi connectivity index (χ3n) is 4.96. The fourth-order valence-corrected chi connectivity index (χ4v) is 7.10. The van der Waals surface area contributed by atoms with Gasteiger partial charge in [-0.15, -0.1) is 0 Å². The summed E-state index contributed by atoms with van der Waals surface area (Å²) in [6, 6.07) is 21.0. The smallest absolute Gasteiger partial charge is 0.282 e. The summed E-state index contributed by atoms with van der Waals surface area (Å²) in [5.41, 5.74) is -0.516. The average molecular weight is 528 g/mol. The van der Waals surface area contributed by atoms with Crippen molar-refractivity contribution in [2.45, 2.75) is 14.7 Å². The monoisotopic (exact) mass is 527 g/mol. The van der Waals surface area contributed by atoms with Crippen LogP contribution < -0.4 is 0 Å². The van der Waals surface area contributed by atoms with Crippen molar-refractivity contribution < 1.29 is 30.0 Å². The summed E-state index contributed by atoms with van der Waals surface area (Å²) < 4.78 is 82.3. The predicted octanol–water partition coefficient (Wildman–Crippen LogP) is 3.11. The molecule has 3 aromatic rings. The molecule has 0 amide bonds. The number of benzene rings is 3. The van der Waals surface area contributed by atoms with Crippen molar-refractivity contribution in [1.29, 1.82) is 0 Å². The fraction of sp³-hybridized carbons (Fsp3) is 0. The Morgan fingerprint density at radius 3 is 1.20 bits per heavy atom. The molecule has 0 aromatic heterocycles. The molecule has 0 spiro atoms. The first kappa shape index (κ1) is 24.5. The van der Waals surface area contributed by atoms with Gasteiger partial charge in [0.15, 0.2) is 0 Å². The highest BCUT2D eigenvalue weighted by atomic mass is 32.2. The topological polar surface area (TPSA) is 132 Å². The summed E-state index contributed by atoms with van der Waals surface area (Å²) >= 11 is 0. The Labute approximate surface area is 202 Å². The Kier molecular flexibility index (Phi) is 6.41. The molecule has 0 aliphatic heterocycles. The molecule has 178 valence electrons. The number of hydrogen-bond acceptors (Lipinski definition) is 7. The van der Waals surface area contributed by atoms with Gasteiger partial charge in [-0.3, -0.25) is 4.79 Å². The lowest BCUT2D eigenvalue weighted by molar-refractivity contribution is -0.111. The molecule has 0 fully saturated rings. The molecule has 0 N–H and O–H groups in total. The number of ketones is 1. The lowest BCUT2D eigenvalue weighted by Crippen LogP contribution is -2.25. The molecule has 0 bridgehead atoms. The van der Waals surface area contributed by atoms with Crippen LogP contribution in [0.15, 0.2) is 132 Å². The highest BCUT2D eigenvalue weighted by molar-refractivity contribution is 7.98. The summed E-state index contributed by atoms with van der Waals surface area (Å²) in [5.74, 6) is -1.28. The number of carbonyl (C=O) groups is 1. The second-order valence-corrected chi connectivity index (χ2v) is 12.7. The number of rotatable bonds is 6. The predicted molar refractivity (Wildman–Crippen MR) is 129 cm³/mol. The second-order valence-electron chi connectivity index (χ2n) is 7.28. The molecule has 0 saturated heterocycles. The van der Waals surface area contributed by atoms with Crippen LogP contribution in [0.4, 0.5) is 0 Å². The van der Waals surface area contributed by atoms with E-state index in [1.165, 1.54) is 72.8 Å². The highest BCUT2D eigenvalue weighted by Gasteiger charge is 2.38. The molecule has 3 aromatic carbocycles. The first-order valence-electron chi connectivity index (χ1n) is 10.0. The number of sulfone groups is 2. The van der Waals surface area contributed by atoms with E-state index in [2.05, 4.69) is 4.40 Å². The van der Waals surface area contributed by atoms with E-state index in [1.54, 1.807) is 18.2 Å². The maximum absolute atomic E-state index is 13.3. The molecule has 8 nitrogen and oxygen atoms in total. The van der Waals surface area contributed by atoms with Gasteiger partial charge in [0.25, 0.3) is 10.0 Å². The molecule has 1 aliphatic rings. The highest BCUT2D eigenvalue weighted by Crippen LogP contribution is 2.31. The van der Waals surface area contributed by atoms with Crippen molar-refractivity contribution in [1.82, 2.24) is 0 Å². The van der Waals surface area contributed by atoms with Gasteiger partial charge in [0.05, 0.1) is 20.4 Å². The lowest BCUT2D eigenvalue weighted by Gasteiger charge is -2.16. The Bertz CT molecular complexity index is 1610. The summed E-state index contributed by atoms with van der Waals surface area (Å²) in [6.45, 7) is 0. The Morgan fingerprint density at radius 2 is 0.829 bits per heavy atom. The zero-order valence-electron chi connectivity index (χ0n) is 17.8. The minimum atomic E-state index is -4.51. The summed E-state index contributed by atoms with van der Waals surface area (Å²) in [4.78, 5) is 10.7. The van der Waals surface area contributed by atoms with E-state index in [9.17, 15) is 30.0 Å². The zero-order chi connectivity index (χ0) is 25.3. The quantitative estimate of drug-likeness (QED) is 0.450. The number of sulfonamides is 1. The van der Waals surface area contributed by atoms with Crippen LogP contribution in [0.3, 0.4) is 0 Å². The van der Waals surface area contributed by atoms with E-state index in [0.717, 1.165) is 12.2 Å². The Hall–Kier alpha value is -3.67. The van der Waals surface area contributed by atoms with Crippen LogP contribution in [0.1, 0.15) is 0 Å². The first-order chi connectivity index (χ1) is 16.5. The van der Waals surface area contributed by atoms with Crippen LogP contribution in [0.5, 0.6) is 0 Å².